The highest BCUT2D eigenvalue weighted by atomic mass is 16.7. The van der Waals surface area contributed by atoms with Gasteiger partial charge < -0.3 is 39.0 Å². The fourth-order valence-electron chi connectivity index (χ4n) is 6.66. The minimum absolute atomic E-state index is 0.0113. The van der Waals surface area contributed by atoms with Crippen LogP contribution in [0.25, 0.3) is 0 Å². The maximum Gasteiger partial charge on any atom is 0.335 e. The lowest BCUT2D eigenvalue weighted by molar-refractivity contribution is -0.301. The first kappa shape index (κ1) is 65.4. The van der Waals surface area contributed by atoms with Gasteiger partial charge in [-0.1, -0.05) is 179 Å². The number of aliphatic hydroxyl groups excluding tert-OH is 2. The average Bonchev–Trinajstić information content (AvgIpc) is 3.37. The quantitative estimate of drug-likeness (QED) is 0.0229. The zero-order chi connectivity index (χ0) is 53.3. The summed E-state index contributed by atoms with van der Waals surface area (Å²) in [5, 5.41) is 31.3. The summed E-state index contributed by atoms with van der Waals surface area (Å²) in [6, 6.07) is 0. The number of hydrogen-bond donors (Lipinski definition) is 3. The SMILES string of the molecule is CC/C=C\C/C=C\C/C=C\C/C=C\C/C=C\CCCC(=O)OCC(COC1OC(C(=O)O)C(O)C(O)C1OC(=O)CC/C=C\C/C=C\C/C=C\C/C=C\CC)OC(=O)CC/C=C\C/C=C\C/C=C\C/C=C\CC. The number of esters is 3. The Morgan fingerprint density at radius 2 is 0.822 bits per heavy atom. The van der Waals surface area contributed by atoms with Gasteiger partial charge >= 0.3 is 23.9 Å². The Hall–Kier alpha value is -5.66. The maximum atomic E-state index is 13.0. The van der Waals surface area contributed by atoms with Gasteiger partial charge in [0.25, 0.3) is 0 Å². The molecule has 1 aliphatic rings. The summed E-state index contributed by atoms with van der Waals surface area (Å²) in [6.45, 7) is 5.44. The molecule has 404 valence electrons. The Morgan fingerprint density at radius 1 is 0.452 bits per heavy atom. The molecule has 0 aliphatic carbocycles. The van der Waals surface area contributed by atoms with Crippen LogP contribution in [0, 0.1) is 0 Å². The molecule has 1 heterocycles. The largest absolute Gasteiger partial charge is 0.479 e. The summed E-state index contributed by atoms with van der Waals surface area (Å²) in [5.41, 5.74) is 0. The molecule has 3 N–H and O–H groups in total. The minimum Gasteiger partial charge on any atom is -0.479 e. The molecule has 0 radical (unpaired) electrons. The number of rotatable bonds is 41. The number of hydrogen-bond acceptors (Lipinski definition) is 11. The monoisotopic (exact) mass is 1010 g/mol. The summed E-state index contributed by atoms with van der Waals surface area (Å²) < 4.78 is 28.0. The van der Waals surface area contributed by atoms with E-state index in [1.165, 1.54) is 0 Å². The molecule has 6 atom stereocenters. The number of allylic oxidation sites excluding steroid dienone is 26. The van der Waals surface area contributed by atoms with Gasteiger partial charge in [0.05, 0.1) is 6.61 Å². The van der Waals surface area contributed by atoms with Gasteiger partial charge in [-0.3, -0.25) is 14.4 Å². The van der Waals surface area contributed by atoms with E-state index in [0.29, 0.717) is 38.5 Å². The van der Waals surface area contributed by atoms with E-state index < -0.39 is 73.9 Å². The number of unbranched alkanes of at least 4 members (excludes halogenated alkanes) is 1. The van der Waals surface area contributed by atoms with Crippen LogP contribution in [0.3, 0.4) is 0 Å². The van der Waals surface area contributed by atoms with Crippen LogP contribution in [0.1, 0.15) is 149 Å². The van der Waals surface area contributed by atoms with Gasteiger partial charge in [-0.2, -0.15) is 0 Å². The molecule has 1 saturated heterocycles. The van der Waals surface area contributed by atoms with E-state index in [2.05, 4.69) is 130 Å². The Morgan fingerprint density at radius 3 is 1.22 bits per heavy atom. The lowest BCUT2D eigenvalue weighted by Crippen LogP contribution is -2.61. The number of ether oxygens (including phenoxy) is 5. The first-order chi connectivity index (χ1) is 35.6. The van der Waals surface area contributed by atoms with Crippen molar-refractivity contribution in [1.82, 2.24) is 0 Å². The Kier molecular flexibility index (Phi) is 42.4. The molecular weight excluding hydrogens is 925 g/mol. The number of carboxylic acids is 1. The smallest absolute Gasteiger partial charge is 0.335 e. The van der Waals surface area contributed by atoms with Crippen molar-refractivity contribution in [3.05, 3.63) is 158 Å². The predicted molar refractivity (Wildman–Crippen MR) is 293 cm³/mol. The molecule has 0 amide bonds. The van der Waals surface area contributed by atoms with Crippen molar-refractivity contribution < 1.29 is 58.2 Å². The second-order valence-electron chi connectivity index (χ2n) is 17.0. The van der Waals surface area contributed by atoms with Crippen LogP contribution in [0.4, 0.5) is 0 Å². The van der Waals surface area contributed by atoms with Gasteiger partial charge in [0.15, 0.2) is 24.6 Å². The number of aliphatic carboxylic acids is 1. The zero-order valence-electron chi connectivity index (χ0n) is 44.0. The molecule has 12 heteroatoms. The Bertz CT molecular complexity index is 1870. The van der Waals surface area contributed by atoms with Crippen molar-refractivity contribution in [2.45, 2.75) is 186 Å². The number of carbonyl (C=O) groups excluding carboxylic acids is 3. The van der Waals surface area contributed by atoms with E-state index in [-0.39, 0.29) is 19.3 Å². The number of carboxylic acid groups (broad SMARTS) is 1. The van der Waals surface area contributed by atoms with Gasteiger partial charge in [-0.15, -0.1) is 0 Å². The minimum atomic E-state index is -1.95. The van der Waals surface area contributed by atoms with Crippen LogP contribution in [0.2, 0.25) is 0 Å². The van der Waals surface area contributed by atoms with Gasteiger partial charge in [-0.25, -0.2) is 4.79 Å². The van der Waals surface area contributed by atoms with E-state index in [1.807, 2.05) is 48.6 Å². The van der Waals surface area contributed by atoms with Gasteiger partial charge in [0, 0.05) is 19.3 Å². The van der Waals surface area contributed by atoms with E-state index in [4.69, 9.17) is 23.7 Å². The topological polar surface area (TPSA) is 175 Å². The Balaban J connectivity index is 2.85. The van der Waals surface area contributed by atoms with Crippen LogP contribution >= 0.6 is 0 Å². The van der Waals surface area contributed by atoms with E-state index in [0.717, 1.165) is 70.6 Å². The van der Waals surface area contributed by atoms with Crippen molar-refractivity contribution in [3.63, 3.8) is 0 Å². The van der Waals surface area contributed by atoms with Gasteiger partial charge in [-0.05, 0) is 109 Å². The van der Waals surface area contributed by atoms with Gasteiger partial charge in [0.1, 0.15) is 18.8 Å². The van der Waals surface area contributed by atoms with Crippen LogP contribution in [-0.2, 0) is 42.9 Å². The van der Waals surface area contributed by atoms with Crippen LogP contribution < -0.4 is 0 Å². The molecule has 0 aromatic carbocycles. The molecule has 1 fully saturated rings. The number of carbonyl (C=O) groups is 4. The summed E-state index contributed by atoms with van der Waals surface area (Å²) in [5.74, 6) is -3.46. The molecule has 0 bridgehead atoms. The van der Waals surface area contributed by atoms with Crippen molar-refractivity contribution in [2.24, 2.45) is 0 Å². The summed E-state index contributed by atoms with van der Waals surface area (Å²) >= 11 is 0. The van der Waals surface area contributed by atoms with E-state index in [1.54, 1.807) is 0 Å². The van der Waals surface area contributed by atoms with E-state index in [9.17, 15) is 34.5 Å². The molecule has 6 unspecified atom stereocenters. The molecule has 73 heavy (non-hydrogen) atoms. The predicted octanol–water partition coefficient (Wildman–Crippen LogP) is 13.0. The van der Waals surface area contributed by atoms with Crippen LogP contribution in [0.15, 0.2) is 158 Å². The molecule has 0 aromatic rings. The second-order valence-corrected chi connectivity index (χ2v) is 17.0. The lowest BCUT2D eigenvalue weighted by atomic mass is 9.98. The highest BCUT2D eigenvalue weighted by molar-refractivity contribution is 5.74. The molecule has 0 saturated carbocycles. The van der Waals surface area contributed by atoms with Gasteiger partial charge in [0.2, 0.25) is 0 Å². The summed E-state index contributed by atoms with van der Waals surface area (Å²) in [4.78, 5) is 50.8. The summed E-state index contributed by atoms with van der Waals surface area (Å²) in [7, 11) is 0. The fourth-order valence-corrected chi connectivity index (χ4v) is 6.66. The molecule has 1 rings (SSSR count). The van der Waals surface area contributed by atoms with E-state index >= 15 is 0 Å². The molecular formula is C61H88O12. The molecule has 0 spiro atoms. The Labute approximate surface area is 437 Å². The third kappa shape index (κ3) is 37.7. The molecule has 0 aromatic heterocycles. The van der Waals surface area contributed by atoms with Crippen molar-refractivity contribution >= 4 is 23.9 Å². The molecule has 1 aliphatic heterocycles. The van der Waals surface area contributed by atoms with Crippen molar-refractivity contribution in [2.75, 3.05) is 13.2 Å². The average molecular weight is 1010 g/mol. The lowest BCUT2D eigenvalue weighted by Gasteiger charge is -2.40. The summed E-state index contributed by atoms with van der Waals surface area (Å²) in [6.07, 6.45) is 57.0. The third-order valence-electron chi connectivity index (χ3n) is 10.6. The highest BCUT2D eigenvalue weighted by Crippen LogP contribution is 2.26. The van der Waals surface area contributed by atoms with Crippen LogP contribution in [-0.4, -0.2) is 89.2 Å². The third-order valence-corrected chi connectivity index (χ3v) is 10.6. The first-order valence-corrected chi connectivity index (χ1v) is 26.5. The molecule has 12 nitrogen and oxygen atoms in total. The normalized spacial score (nSPS) is 19.6. The van der Waals surface area contributed by atoms with Crippen molar-refractivity contribution in [3.8, 4) is 0 Å². The zero-order valence-corrected chi connectivity index (χ0v) is 44.0. The standard InChI is InChI=1S/C61H88O12/c1-4-7-10-13-16-19-22-25-26-27-28-31-32-35-38-41-44-47-53(62)69-50-52(71-54(63)48-45-42-39-36-33-29-23-20-17-14-11-8-5-2)51-70-61-59(57(66)56(65)58(73-61)60(67)68)72-55(64)49-46-43-40-37-34-30-24-21-18-15-12-9-6-3/h7-12,16-21,25-26,28-31,33-35,38-40,42-43,52,56-59,61,65-66H,4-6,13-15,22-24,27,32,36-37,41,44-51H2,1-3H3,(H,67,68)/b10-7-,11-8-,12-9-,19-16-,20-17-,21-18-,26-25-,31-28-,33-29-,34-30-,38-35-,42-39-,43-40-. The maximum absolute atomic E-state index is 13.0. The second kappa shape index (κ2) is 47.4. The highest BCUT2D eigenvalue weighted by Gasteiger charge is 2.50. The number of aliphatic hydroxyl groups is 2. The first-order valence-electron chi connectivity index (χ1n) is 26.5. The fraction of sp³-hybridized carbons (Fsp3) is 0.508. The van der Waals surface area contributed by atoms with Crippen LogP contribution in [0.5, 0.6) is 0 Å². The van der Waals surface area contributed by atoms with Crippen molar-refractivity contribution in [1.29, 1.82) is 0 Å².